The van der Waals surface area contributed by atoms with Crippen LogP contribution in [0, 0.1) is 0 Å². The number of thioether (sulfide) groups is 1. The molecular formula is C22H16Cl2N4OS. The molecular weight excluding hydrogens is 439 g/mol. The molecule has 4 aromatic rings. The summed E-state index contributed by atoms with van der Waals surface area (Å²) in [4.78, 5) is 22.0. The van der Waals surface area contributed by atoms with Crippen molar-refractivity contribution in [2.45, 2.75) is 29.7 Å². The van der Waals surface area contributed by atoms with Gasteiger partial charge in [-0.1, -0.05) is 65.3 Å². The third kappa shape index (κ3) is 3.83. The predicted octanol–water partition coefficient (Wildman–Crippen LogP) is 5.64. The van der Waals surface area contributed by atoms with Gasteiger partial charge >= 0.3 is 0 Å². The van der Waals surface area contributed by atoms with Gasteiger partial charge in [0.2, 0.25) is 5.16 Å². The lowest BCUT2D eigenvalue weighted by Gasteiger charge is -2.23. The number of ketones is 1. The smallest absolute Gasteiger partial charge is 0.253 e. The first-order chi connectivity index (χ1) is 14.6. The molecule has 8 heteroatoms. The fraction of sp³-hybridized carbons (Fsp3) is 0.182. The Labute approximate surface area is 187 Å². The quantitative estimate of drug-likeness (QED) is 0.373. The Morgan fingerprint density at radius 2 is 1.93 bits per heavy atom. The molecule has 0 saturated carbocycles. The number of carbonyl (C=O) groups excluding carboxylic acids is 1. The third-order valence-corrected chi connectivity index (χ3v) is 6.69. The number of aromatic nitrogens is 4. The second kappa shape index (κ2) is 8.02. The van der Waals surface area contributed by atoms with Crippen molar-refractivity contribution in [2.75, 3.05) is 0 Å². The van der Waals surface area contributed by atoms with E-state index in [1.165, 1.54) is 11.8 Å². The topological polar surface area (TPSA) is 60.2 Å². The SMILES string of the molecule is O=C1C[C@H](c2cccc(Cl)c2)Cc2nc3nc(SCc4ccccc4Cl)nn3cc21. The molecule has 0 radical (unpaired) electrons. The molecule has 2 aromatic heterocycles. The highest BCUT2D eigenvalue weighted by Gasteiger charge is 2.28. The van der Waals surface area contributed by atoms with Crippen LogP contribution >= 0.6 is 35.0 Å². The number of carbonyl (C=O) groups is 1. The number of halogens is 2. The lowest BCUT2D eigenvalue weighted by atomic mass is 9.82. The van der Waals surface area contributed by atoms with E-state index < -0.39 is 0 Å². The van der Waals surface area contributed by atoms with Crippen molar-refractivity contribution in [1.82, 2.24) is 19.6 Å². The number of hydrogen-bond acceptors (Lipinski definition) is 5. The summed E-state index contributed by atoms with van der Waals surface area (Å²) in [5.41, 5.74) is 3.46. The average molecular weight is 455 g/mol. The summed E-state index contributed by atoms with van der Waals surface area (Å²) in [6, 6.07) is 15.4. The second-order valence-corrected chi connectivity index (χ2v) is 8.99. The van der Waals surface area contributed by atoms with Gasteiger partial charge in [0.25, 0.3) is 5.78 Å². The number of fused-ring (bicyclic) bond motifs is 2. The van der Waals surface area contributed by atoms with Crippen LogP contribution in [0.5, 0.6) is 0 Å². The first kappa shape index (κ1) is 19.5. The fourth-order valence-electron chi connectivity index (χ4n) is 3.68. The lowest BCUT2D eigenvalue weighted by molar-refractivity contribution is 0.0962. The van der Waals surface area contributed by atoms with Crippen LogP contribution in [-0.2, 0) is 12.2 Å². The summed E-state index contributed by atoms with van der Waals surface area (Å²) in [5.74, 6) is 1.29. The van der Waals surface area contributed by atoms with E-state index in [2.05, 4.69) is 15.1 Å². The molecule has 0 spiro atoms. The van der Waals surface area contributed by atoms with Gasteiger partial charge in [0.15, 0.2) is 5.78 Å². The van der Waals surface area contributed by atoms with Crippen LogP contribution in [0.1, 0.15) is 39.5 Å². The van der Waals surface area contributed by atoms with E-state index in [9.17, 15) is 4.79 Å². The number of rotatable bonds is 4. The second-order valence-electron chi connectivity index (χ2n) is 7.20. The van der Waals surface area contributed by atoms with Gasteiger partial charge < -0.3 is 0 Å². The molecule has 1 aliphatic rings. The van der Waals surface area contributed by atoms with Crippen molar-refractivity contribution in [1.29, 1.82) is 0 Å². The van der Waals surface area contributed by atoms with Gasteiger partial charge in [-0.2, -0.15) is 4.98 Å². The molecule has 0 N–H and O–H groups in total. The third-order valence-electron chi connectivity index (χ3n) is 5.20. The summed E-state index contributed by atoms with van der Waals surface area (Å²) in [7, 11) is 0. The minimum absolute atomic E-state index is 0.0654. The van der Waals surface area contributed by atoms with Crippen molar-refractivity contribution in [2.24, 2.45) is 0 Å². The van der Waals surface area contributed by atoms with Crippen LogP contribution in [0.2, 0.25) is 10.0 Å². The zero-order valence-electron chi connectivity index (χ0n) is 15.8. The molecule has 0 unspecified atom stereocenters. The van der Waals surface area contributed by atoms with Crippen LogP contribution < -0.4 is 0 Å². The van der Waals surface area contributed by atoms with E-state index in [0.29, 0.717) is 40.1 Å². The van der Waals surface area contributed by atoms with Gasteiger partial charge in [-0.05, 0) is 41.7 Å². The Morgan fingerprint density at radius 1 is 1.07 bits per heavy atom. The van der Waals surface area contributed by atoms with Crippen LogP contribution in [0.3, 0.4) is 0 Å². The van der Waals surface area contributed by atoms with Gasteiger partial charge in [0.1, 0.15) is 0 Å². The Bertz CT molecular complexity index is 1270. The van der Waals surface area contributed by atoms with Crippen LogP contribution in [0.4, 0.5) is 0 Å². The highest BCUT2D eigenvalue weighted by atomic mass is 35.5. The molecule has 2 aromatic carbocycles. The van der Waals surface area contributed by atoms with E-state index in [0.717, 1.165) is 21.8 Å². The van der Waals surface area contributed by atoms with Crippen LogP contribution in [-0.4, -0.2) is 25.4 Å². The van der Waals surface area contributed by atoms with Crippen molar-refractivity contribution in [3.05, 3.63) is 87.2 Å². The minimum Gasteiger partial charge on any atom is -0.294 e. The molecule has 0 amide bonds. The van der Waals surface area contributed by atoms with E-state index >= 15 is 0 Å². The van der Waals surface area contributed by atoms with Crippen molar-refractivity contribution >= 4 is 46.5 Å². The molecule has 0 bridgehead atoms. The van der Waals surface area contributed by atoms with Crippen LogP contribution in [0.25, 0.3) is 5.78 Å². The Hall–Kier alpha value is -2.41. The largest absolute Gasteiger partial charge is 0.294 e. The maximum absolute atomic E-state index is 12.8. The average Bonchev–Trinajstić information content (AvgIpc) is 3.13. The summed E-state index contributed by atoms with van der Waals surface area (Å²) in [6.45, 7) is 0. The number of hydrogen-bond donors (Lipinski definition) is 0. The zero-order valence-corrected chi connectivity index (χ0v) is 18.1. The van der Waals surface area contributed by atoms with Gasteiger partial charge in [0, 0.05) is 28.4 Å². The highest BCUT2D eigenvalue weighted by Crippen LogP contribution is 2.33. The van der Waals surface area contributed by atoms with Crippen molar-refractivity contribution in [3.63, 3.8) is 0 Å². The van der Waals surface area contributed by atoms with Gasteiger partial charge in [-0.3, -0.25) is 4.79 Å². The summed E-state index contributed by atoms with van der Waals surface area (Å²) in [5, 5.41) is 6.48. The Morgan fingerprint density at radius 3 is 2.77 bits per heavy atom. The predicted molar refractivity (Wildman–Crippen MR) is 119 cm³/mol. The summed E-state index contributed by atoms with van der Waals surface area (Å²) < 4.78 is 1.59. The van der Waals surface area contributed by atoms with Crippen molar-refractivity contribution in [3.8, 4) is 0 Å². The number of benzene rings is 2. The molecule has 30 heavy (non-hydrogen) atoms. The van der Waals surface area contributed by atoms with E-state index in [1.54, 1.807) is 10.7 Å². The molecule has 5 rings (SSSR count). The van der Waals surface area contributed by atoms with Gasteiger partial charge in [-0.25, -0.2) is 9.50 Å². The Balaban J connectivity index is 1.42. The van der Waals surface area contributed by atoms with Gasteiger partial charge in [-0.15, -0.1) is 5.10 Å². The molecule has 5 nitrogen and oxygen atoms in total. The van der Waals surface area contributed by atoms with Crippen LogP contribution in [0.15, 0.2) is 59.9 Å². The number of Topliss-reactive ketones (excluding diaryl/α,β-unsaturated/α-hetero) is 1. The maximum Gasteiger partial charge on any atom is 0.253 e. The van der Waals surface area contributed by atoms with Gasteiger partial charge in [0.05, 0.1) is 11.3 Å². The standard InChI is InChI=1S/C22H16Cl2N4OS/c23-16-6-3-5-13(8-16)15-9-19-17(20(29)10-15)11-28-21(25-19)26-22(27-28)30-12-14-4-1-2-7-18(14)24/h1-8,11,15H,9-10,12H2/t15-/m1/s1. The first-order valence-corrected chi connectivity index (χ1v) is 11.2. The van der Waals surface area contributed by atoms with Crippen molar-refractivity contribution < 1.29 is 4.79 Å². The molecule has 0 aliphatic heterocycles. The normalized spacial score (nSPS) is 16.1. The number of nitrogens with zero attached hydrogens (tertiary/aromatic N) is 4. The molecule has 1 aliphatic carbocycles. The lowest BCUT2D eigenvalue weighted by Crippen LogP contribution is -2.21. The maximum atomic E-state index is 12.8. The minimum atomic E-state index is 0.0654. The molecule has 1 atom stereocenters. The summed E-state index contributed by atoms with van der Waals surface area (Å²) in [6.07, 6.45) is 2.86. The summed E-state index contributed by atoms with van der Waals surface area (Å²) >= 11 is 13.8. The Kier molecular flexibility index (Phi) is 5.23. The molecule has 2 heterocycles. The fourth-order valence-corrected chi connectivity index (χ4v) is 4.99. The molecule has 0 fully saturated rings. The first-order valence-electron chi connectivity index (χ1n) is 9.48. The molecule has 150 valence electrons. The van der Waals surface area contributed by atoms with E-state index in [4.69, 9.17) is 23.2 Å². The monoisotopic (exact) mass is 454 g/mol. The highest BCUT2D eigenvalue weighted by molar-refractivity contribution is 7.98. The zero-order chi connectivity index (χ0) is 20.7. The van der Waals surface area contributed by atoms with E-state index in [1.807, 2.05) is 48.5 Å². The molecule has 0 saturated heterocycles. The van der Waals surface area contributed by atoms with E-state index in [-0.39, 0.29) is 11.7 Å².